The van der Waals surface area contributed by atoms with Crippen LogP contribution in [-0.2, 0) is 9.53 Å². The van der Waals surface area contributed by atoms with E-state index in [9.17, 15) is 15.0 Å². The number of carbonyl (C=O) groups excluding carboxylic acids is 1. The van der Waals surface area contributed by atoms with Gasteiger partial charge in [0, 0.05) is 12.1 Å². The highest BCUT2D eigenvalue weighted by Gasteiger charge is 2.15. The minimum Gasteiger partial charge on any atom is -0.469 e. The lowest BCUT2D eigenvalue weighted by molar-refractivity contribution is -0.143. The van der Waals surface area contributed by atoms with Crippen molar-refractivity contribution in [1.29, 1.82) is 0 Å². The fourth-order valence-electron chi connectivity index (χ4n) is 2.36. The van der Waals surface area contributed by atoms with Crippen LogP contribution >= 0.6 is 0 Å². The predicted molar refractivity (Wildman–Crippen MR) is 94.7 cm³/mol. The Hall–Kier alpha value is -1.72. The maximum atomic E-state index is 11.1. The molecule has 0 radical (unpaired) electrons. The first-order chi connectivity index (χ1) is 11.2. The molecule has 0 aliphatic rings. The van der Waals surface area contributed by atoms with Crippen LogP contribution in [0.25, 0.3) is 6.08 Å². The third-order valence-electron chi connectivity index (χ3n) is 3.76. The second kappa shape index (κ2) is 9.55. The van der Waals surface area contributed by atoms with E-state index in [4.69, 9.17) is 4.98 Å². The molecule has 2 atom stereocenters. The maximum absolute atomic E-state index is 11.1. The summed E-state index contributed by atoms with van der Waals surface area (Å²) in [5.41, 5.74) is 2.99. The monoisotopic (exact) mass is 335 g/mol. The van der Waals surface area contributed by atoms with Crippen molar-refractivity contribution >= 4 is 12.0 Å². The maximum Gasteiger partial charge on any atom is 0.308 e. The number of methoxy groups -OCH3 is 1. The zero-order chi connectivity index (χ0) is 18.3. The lowest BCUT2D eigenvalue weighted by Crippen LogP contribution is -2.20. The van der Waals surface area contributed by atoms with E-state index >= 15 is 0 Å². The van der Waals surface area contributed by atoms with Crippen molar-refractivity contribution in [2.45, 2.75) is 64.6 Å². The van der Waals surface area contributed by atoms with Gasteiger partial charge in [-0.15, -0.1) is 0 Å². The summed E-state index contributed by atoms with van der Waals surface area (Å²) in [5, 5.41) is 19.8. The number of esters is 1. The van der Waals surface area contributed by atoms with E-state index in [-0.39, 0.29) is 18.8 Å². The molecule has 5 nitrogen and oxygen atoms in total. The first kappa shape index (κ1) is 20.3. The molecule has 0 bridgehead atoms. The number of hydrogen-bond acceptors (Lipinski definition) is 5. The van der Waals surface area contributed by atoms with Gasteiger partial charge in [-0.25, -0.2) is 0 Å². The number of rotatable bonds is 8. The van der Waals surface area contributed by atoms with Crippen molar-refractivity contribution in [2.24, 2.45) is 0 Å². The van der Waals surface area contributed by atoms with Gasteiger partial charge in [0.2, 0.25) is 0 Å². The van der Waals surface area contributed by atoms with Crippen molar-refractivity contribution < 1.29 is 19.7 Å². The SMILES string of the molecule is COC(=O)CC(O)CC(O)C=Cc1ccc(C(C)C)nc1C(C)C. The molecule has 1 aromatic heterocycles. The van der Waals surface area contributed by atoms with E-state index in [0.29, 0.717) is 5.92 Å². The number of carbonyl (C=O) groups is 1. The molecule has 5 heteroatoms. The molecule has 0 saturated carbocycles. The molecule has 24 heavy (non-hydrogen) atoms. The third-order valence-corrected chi connectivity index (χ3v) is 3.76. The van der Waals surface area contributed by atoms with E-state index < -0.39 is 18.2 Å². The number of pyridine rings is 1. The summed E-state index contributed by atoms with van der Waals surface area (Å²) >= 11 is 0. The highest BCUT2D eigenvalue weighted by molar-refractivity contribution is 5.69. The number of hydrogen-bond donors (Lipinski definition) is 2. The van der Waals surface area contributed by atoms with Gasteiger partial charge >= 0.3 is 5.97 Å². The van der Waals surface area contributed by atoms with Gasteiger partial charge in [0.15, 0.2) is 0 Å². The van der Waals surface area contributed by atoms with Crippen molar-refractivity contribution in [1.82, 2.24) is 4.98 Å². The number of ether oxygens (including phenoxy) is 1. The van der Waals surface area contributed by atoms with Crippen molar-refractivity contribution in [3.8, 4) is 0 Å². The van der Waals surface area contributed by atoms with Gasteiger partial charge in [0.25, 0.3) is 0 Å². The Morgan fingerprint density at radius 3 is 2.42 bits per heavy atom. The van der Waals surface area contributed by atoms with Crippen molar-refractivity contribution in [3.05, 3.63) is 35.2 Å². The molecule has 0 aliphatic heterocycles. The Morgan fingerprint density at radius 2 is 1.88 bits per heavy atom. The van der Waals surface area contributed by atoms with Crippen LogP contribution in [0.2, 0.25) is 0 Å². The van der Waals surface area contributed by atoms with E-state index in [0.717, 1.165) is 17.0 Å². The Balaban J connectivity index is 2.80. The van der Waals surface area contributed by atoms with Crippen LogP contribution in [0.4, 0.5) is 0 Å². The quantitative estimate of drug-likeness (QED) is 0.714. The van der Waals surface area contributed by atoms with Gasteiger partial charge < -0.3 is 14.9 Å². The summed E-state index contributed by atoms with van der Waals surface area (Å²) in [4.78, 5) is 15.8. The molecule has 0 aliphatic carbocycles. The summed E-state index contributed by atoms with van der Waals surface area (Å²) in [7, 11) is 1.27. The number of aromatic nitrogens is 1. The largest absolute Gasteiger partial charge is 0.469 e. The number of aliphatic hydroxyl groups excluding tert-OH is 2. The standard InChI is InChI=1S/C19H29NO4/c1-12(2)17-9-7-14(19(20-17)13(3)4)6-8-15(21)10-16(22)11-18(23)24-5/h6-9,12-13,15-16,21-22H,10-11H2,1-5H3. The van der Waals surface area contributed by atoms with Gasteiger partial charge in [-0.2, -0.15) is 0 Å². The van der Waals surface area contributed by atoms with Gasteiger partial charge in [-0.3, -0.25) is 9.78 Å². The van der Waals surface area contributed by atoms with Crippen molar-refractivity contribution in [3.63, 3.8) is 0 Å². The van der Waals surface area contributed by atoms with Crippen LogP contribution in [0.15, 0.2) is 18.2 Å². The zero-order valence-corrected chi connectivity index (χ0v) is 15.2. The Morgan fingerprint density at radius 1 is 1.21 bits per heavy atom. The van der Waals surface area contributed by atoms with Crippen LogP contribution in [-0.4, -0.2) is 40.5 Å². The number of nitrogens with zero attached hydrogens (tertiary/aromatic N) is 1. The molecule has 2 N–H and O–H groups in total. The summed E-state index contributed by atoms with van der Waals surface area (Å²) in [6, 6.07) is 4.00. The Kier molecular flexibility index (Phi) is 8.08. The van der Waals surface area contributed by atoms with E-state index in [1.807, 2.05) is 18.2 Å². The van der Waals surface area contributed by atoms with Gasteiger partial charge in [0.05, 0.1) is 31.4 Å². The topological polar surface area (TPSA) is 79.7 Å². The molecular weight excluding hydrogens is 306 g/mol. The number of aliphatic hydroxyl groups is 2. The van der Waals surface area contributed by atoms with E-state index in [2.05, 4.69) is 32.4 Å². The summed E-state index contributed by atoms with van der Waals surface area (Å²) in [6.45, 7) is 8.38. The molecule has 0 spiro atoms. The summed E-state index contributed by atoms with van der Waals surface area (Å²) < 4.78 is 4.50. The molecular formula is C19H29NO4. The molecule has 2 unspecified atom stereocenters. The second-order valence-electron chi connectivity index (χ2n) is 6.62. The zero-order valence-electron chi connectivity index (χ0n) is 15.2. The lowest BCUT2D eigenvalue weighted by Gasteiger charge is -2.14. The predicted octanol–water partition coefficient (Wildman–Crippen LogP) is 3.02. The second-order valence-corrected chi connectivity index (χ2v) is 6.62. The summed E-state index contributed by atoms with van der Waals surface area (Å²) in [5.74, 6) is 0.138. The first-order valence-electron chi connectivity index (χ1n) is 8.36. The van der Waals surface area contributed by atoms with Gasteiger partial charge in [0.1, 0.15) is 0 Å². The van der Waals surface area contributed by atoms with Crippen LogP contribution < -0.4 is 0 Å². The van der Waals surface area contributed by atoms with Crippen LogP contribution in [0, 0.1) is 0 Å². The Labute approximate surface area is 144 Å². The summed E-state index contributed by atoms with van der Waals surface area (Å²) in [6.07, 6.45) is 1.64. The van der Waals surface area contributed by atoms with E-state index in [1.165, 1.54) is 7.11 Å². The van der Waals surface area contributed by atoms with Gasteiger partial charge in [-0.1, -0.05) is 45.9 Å². The van der Waals surface area contributed by atoms with Crippen LogP contribution in [0.3, 0.4) is 0 Å². The lowest BCUT2D eigenvalue weighted by atomic mass is 9.99. The average molecular weight is 335 g/mol. The molecule has 0 saturated heterocycles. The molecule has 1 rings (SSSR count). The Bertz CT molecular complexity index is 566. The average Bonchev–Trinajstić information content (AvgIpc) is 2.52. The molecule has 1 aromatic rings. The highest BCUT2D eigenvalue weighted by atomic mass is 16.5. The first-order valence-corrected chi connectivity index (χ1v) is 8.36. The van der Waals surface area contributed by atoms with E-state index in [1.54, 1.807) is 6.08 Å². The molecule has 1 heterocycles. The molecule has 0 aromatic carbocycles. The minimum absolute atomic E-state index is 0.0835. The van der Waals surface area contributed by atoms with Gasteiger partial charge in [-0.05, 0) is 23.5 Å². The third kappa shape index (κ3) is 6.42. The van der Waals surface area contributed by atoms with Crippen LogP contribution in [0.5, 0.6) is 0 Å². The molecule has 134 valence electrons. The minimum atomic E-state index is -0.928. The smallest absolute Gasteiger partial charge is 0.308 e. The van der Waals surface area contributed by atoms with Crippen LogP contribution in [0.1, 0.15) is 69.3 Å². The fourth-order valence-corrected chi connectivity index (χ4v) is 2.36. The fraction of sp³-hybridized carbons (Fsp3) is 0.579. The van der Waals surface area contributed by atoms with Crippen molar-refractivity contribution in [2.75, 3.05) is 7.11 Å². The highest BCUT2D eigenvalue weighted by Crippen LogP contribution is 2.22. The normalized spacial score (nSPS) is 14.4. The molecule has 0 fully saturated rings. The molecule has 0 amide bonds.